The zero-order valence-electron chi connectivity index (χ0n) is 9.73. The highest BCUT2D eigenvalue weighted by molar-refractivity contribution is 5.85. The summed E-state index contributed by atoms with van der Waals surface area (Å²) in [7, 11) is 2.71. The van der Waals surface area contributed by atoms with Gasteiger partial charge in [0.1, 0.15) is 0 Å². The fraction of sp³-hybridized carbons (Fsp3) is 0.667. The molecule has 1 fully saturated rings. The molecule has 0 aromatic carbocycles. The van der Waals surface area contributed by atoms with Gasteiger partial charge < -0.3 is 9.47 Å². The van der Waals surface area contributed by atoms with Crippen LogP contribution in [-0.2, 0) is 19.1 Å². The number of carbonyl (C=O) groups excluding carboxylic acids is 2. The molecule has 16 heavy (non-hydrogen) atoms. The van der Waals surface area contributed by atoms with Crippen molar-refractivity contribution in [2.75, 3.05) is 14.2 Å². The molecule has 0 saturated heterocycles. The maximum atomic E-state index is 11.8. The summed E-state index contributed by atoms with van der Waals surface area (Å²) in [4.78, 5) is 23.5. The van der Waals surface area contributed by atoms with Gasteiger partial charge in [0.05, 0.1) is 26.1 Å². The highest BCUT2D eigenvalue weighted by Gasteiger charge is 2.59. The smallest absolute Gasteiger partial charge is 0.310 e. The summed E-state index contributed by atoms with van der Waals surface area (Å²) >= 11 is 0. The van der Waals surface area contributed by atoms with Crippen LogP contribution in [0.25, 0.3) is 0 Å². The Morgan fingerprint density at radius 3 is 2.44 bits per heavy atom. The molecule has 0 radical (unpaired) electrons. The number of esters is 2. The zero-order chi connectivity index (χ0) is 11.9. The summed E-state index contributed by atoms with van der Waals surface area (Å²) in [5.74, 6) is -1.30. The van der Waals surface area contributed by atoms with Crippen LogP contribution in [-0.4, -0.2) is 26.2 Å². The van der Waals surface area contributed by atoms with Gasteiger partial charge in [-0.15, -0.1) is 0 Å². The van der Waals surface area contributed by atoms with E-state index in [4.69, 9.17) is 9.47 Å². The van der Waals surface area contributed by atoms with Crippen LogP contribution in [0.4, 0.5) is 0 Å². The van der Waals surface area contributed by atoms with E-state index in [0.29, 0.717) is 0 Å². The van der Waals surface area contributed by atoms with E-state index < -0.39 is 5.92 Å². The maximum absolute atomic E-state index is 11.8. The van der Waals surface area contributed by atoms with E-state index in [9.17, 15) is 9.59 Å². The minimum atomic E-state index is -0.403. The molecule has 0 heterocycles. The molecule has 0 aromatic heterocycles. The molecule has 4 nitrogen and oxygen atoms in total. The van der Waals surface area contributed by atoms with Gasteiger partial charge in [0, 0.05) is 5.41 Å². The third-order valence-corrected chi connectivity index (χ3v) is 3.86. The summed E-state index contributed by atoms with van der Waals surface area (Å²) in [6, 6.07) is 0. The van der Waals surface area contributed by atoms with Crippen LogP contribution in [0.2, 0.25) is 0 Å². The van der Waals surface area contributed by atoms with Crippen LogP contribution in [0.3, 0.4) is 0 Å². The quantitative estimate of drug-likeness (QED) is 0.521. The molecule has 0 aromatic rings. The summed E-state index contributed by atoms with van der Waals surface area (Å²) in [5, 5.41) is 0. The van der Waals surface area contributed by atoms with Gasteiger partial charge in [0.25, 0.3) is 0 Å². The van der Waals surface area contributed by atoms with Crippen LogP contribution in [0.15, 0.2) is 12.2 Å². The minimum Gasteiger partial charge on any atom is -0.469 e. The maximum Gasteiger partial charge on any atom is 0.310 e. The Bertz CT molecular complexity index is 360. The van der Waals surface area contributed by atoms with E-state index >= 15 is 0 Å². The summed E-state index contributed by atoms with van der Waals surface area (Å²) < 4.78 is 9.57. The number of rotatable bonds is 2. The molecule has 88 valence electrons. The lowest BCUT2D eigenvalue weighted by Crippen LogP contribution is -2.38. The van der Waals surface area contributed by atoms with E-state index in [0.717, 1.165) is 6.42 Å². The number of methoxy groups -OCH3 is 2. The van der Waals surface area contributed by atoms with Crippen molar-refractivity contribution in [1.82, 2.24) is 0 Å². The number of carbonyl (C=O) groups is 2. The van der Waals surface area contributed by atoms with Crippen LogP contribution in [0.5, 0.6) is 0 Å². The lowest BCUT2D eigenvalue weighted by molar-refractivity contribution is -0.159. The van der Waals surface area contributed by atoms with Crippen molar-refractivity contribution in [2.45, 2.75) is 13.3 Å². The molecule has 2 unspecified atom stereocenters. The SMILES string of the molecule is COC(=O)C1C(C(=O)OC)[C@@]2(C)C=C[C@@H]1C2. The van der Waals surface area contributed by atoms with Crippen molar-refractivity contribution >= 4 is 11.9 Å². The number of hydrogen-bond acceptors (Lipinski definition) is 4. The molecule has 2 aliphatic carbocycles. The Morgan fingerprint density at radius 2 is 1.88 bits per heavy atom. The molecular weight excluding hydrogens is 208 g/mol. The van der Waals surface area contributed by atoms with Crippen molar-refractivity contribution in [3.05, 3.63) is 12.2 Å². The second kappa shape index (κ2) is 3.61. The molecule has 1 saturated carbocycles. The van der Waals surface area contributed by atoms with Crippen LogP contribution < -0.4 is 0 Å². The van der Waals surface area contributed by atoms with E-state index in [1.807, 2.05) is 19.1 Å². The third kappa shape index (κ3) is 1.36. The predicted octanol–water partition coefficient (Wildman–Crippen LogP) is 1.16. The average Bonchev–Trinajstić information content (AvgIpc) is 2.79. The van der Waals surface area contributed by atoms with E-state index in [1.54, 1.807) is 0 Å². The third-order valence-electron chi connectivity index (χ3n) is 3.86. The lowest BCUT2D eigenvalue weighted by atomic mass is 9.75. The number of allylic oxidation sites excluding steroid dienone is 2. The normalized spacial score (nSPS) is 39.8. The molecule has 0 spiro atoms. The van der Waals surface area contributed by atoms with Crippen molar-refractivity contribution in [3.8, 4) is 0 Å². The lowest BCUT2D eigenvalue weighted by Gasteiger charge is -2.29. The molecule has 4 heteroatoms. The van der Waals surface area contributed by atoms with E-state index in [2.05, 4.69) is 0 Å². The van der Waals surface area contributed by atoms with Crippen molar-refractivity contribution in [2.24, 2.45) is 23.2 Å². The van der Waals surface area contributed by atoms with Gasteiger partial charge in [-0.05, 0) is 12.3 Å². The summed E-state index contributed by atoms with van der Waals surface area (Å²) in [6.45, 7) is 1.99. The van der Waals surface area contributed by atoms with Crippen molar-refractivity contribution in [3.63, 3.8) is 0 Å². The number of hydrogen-bond donors (Lipinski definition) is 0. The molecule has 2 aliphatic rings. The summed E-state index contributed by atoms with van der Waals surface area (Å²) in [6.07, 6.45) is 4.87. The second-order valence-corrected chi connectivity index (χ2v) is 4.78. The van der Waals surface area contributed by atoms with Gasteiger partial charge in [-0.2, -0.15) is 0 Å². The zero-order valence-corrected chi connectivity index (χ0v) is 9.73. The second-order valence-electron chi connectivity index (χ2n) is 4.78. The van der Waals surface area contributed by atoms with Gasteiger partial charge in [-0.3, -0.25) is 9.59 Å². The Hall–Kier alpha value is -1.32. The van der Waals surface area contributed by atoms with Crippen LogP contribution in [0.1, 0.15) is 13.3 Å². The average molecular weight is 224 g/mol. The highest BCUT2D eigenvalue weighted by Crippen LogP contribution is 2.56. The van der Waals surface area contributed by atoms with E-state index in [1.165, 1.54) is 14.2 Å². The Morgan fingerprint density at radius 1 is 1.25 bits per heavy atom. The largest absolute Gasteiger partial charge is 0.469 e. The Kier molecular flexibility index (Phi) is 2.52. The highest BCUT2D eigenvalue weighted by atomic mass is 16.5. The first-order valence-corrected chi connectivity index (χ1v) is 5.38. The van der Waals surface area contributed by atoms with Crippen LogP contribution >= 0.6 is 0 Å². The fourth-order valence-corrected chi connectivity index (χ4v) is 3.11. The molecule has 2 rings (SSSR count). The predicted molar refractivity (Wildman–Crippen MR) is 56.4 cm³/mol. The summed E-state index contributed by atoms with van der Waals surface area (Å²) in [5.41, 5.74) is -0.253. The first kappa shape index (κ1) is 11.2. The first-order valence-electron chi connectivity index (χ1n) is 5.38. The molecule has 0 aliphatic heterocycles. The minimum absolute atomic E-state index is 0.113. The fourth-order valence-electron chi connectivity index (χ4n) is 3.11. The van der Waals surface area contributed by atoms with E-state index in [-0.39, 0.29) is 29.2 Å². The molecular formula is C12H16O4. The standard InChI is InChI=1S/C12H16O4/c1-12-5-4-7(6-12)8(10(13)15-2)9(12)11(14)16-3/h4-5,7-9H,6H2,1-3H3/t7-,8?,9?,12+/m1/s1. The van der Waals surface area contributed by atoms with Crippen molar-refractivity contribution < 1.29 is 19.1 Å². The topological polar surface area (TPSA) is 52.6 Å². The van der Waals surface area contributed by atoms with Crippen molar-refractivity contribution in [1.29, 1.82) is 0 Å². The molecule has 0 amide bonds. The first-order chi connectivity index (χ1) is 7.53. The van der Waals surface area contributed by atoms with Gasteiger partial charge >= 0.3 is 11.9 Å². The van der Waals surface area contributed by atoms with Gasteiger partial charge in [-0.25, -0.2) is 0 Å². The van der Waals surface area contributed by atoms with Crippen LogP contribution in [0, 0.1) is 23.2 Å². The molecule has 4 atom stereocenters. The van der Waals surface area contributed by atoms with Gasteiger partial charge in [0.2, 0.25) is 0 Å². The Balaban J connectivity index is 2.34. The monoisotopic (exact) mass is 224 g/mol. The van der Waals surface area contributed by atoms with Gasteiger partial charge in [-0.1, -0.05) is 19.1 Å². The number of ether oxygens (including phenoxy) is 2. The molecule has 2 bridgehead atoms. The van der Waals surface area contributed by atoms with Gasteiger partial charge in [0.15, 0.2) is 0 Å². The molecule has 0 N–H and O–H groups in total. The Labute approximate surface area is 94.6 Å². The number of fused-ring (bicyclic) bond motifs is 2.